The van der Waals surface area contributed by atoms with E-state index in [1.807, 2.05) is 5.57 Å². The molecule has 2 rings (SSSR count). The van der Waals surface area contributed by atoms with E-state index in [0.29, 0.717) is 0 Å². The van der Waals surface area contributed by atoms with Gasteiger partial charge in [0.2, 0.25) is 0 Å². The molecule has 0 aromatic rings. The second-order valence-corrected chi connectivity index (χ2v) is 6.73. The molecular weight excluding hydrogens is 236 g/mol. The van der Waals surface area contributed by atoms with Gasteiger partial charge in [-0.1, -0.05) is 50.2 Å². The summed E-state index contributed by atoms with van der Waals surface area (Å²) in [5, 5.41) is 0. The SMILES string of the molecule is [SiH3]OCCC=C(C1CCCCC1)C1CCCCC1. The van der Waals surface area contributed by atoms with E-state index in [4.69, 9.17) is 4.43 Å². The van der Waals surface area contributed by atoms with E-state index < -0.39 is 0 Å². The second kappa shape index (κ2) is 8.16. The number of hydrogen-bond acceptors (Lipinski definition) is 1. The molecule has 0 radical (unpaired) electrons. The summed E-state index contributed by atoms with van der Waals surface area (Å²) in [6.07, 6.45) is 18.4. The van der Waals surface area contributed by atoms with Crippen molar-refractivity contribution >= 4 is 10.5 Å². The molecule has 0 N–H and O–H groups in total. The summed E-state index contributed by atoms with van der Waals surface area (Å²) in [6.45, 7) is 0.954. The zero-order valence-corrected chi connectivity index (χ0v) is 14.1. The highest BCUT2D eigenvalue weighted by atomic mass is 28.2. The Bertz CT molecular complexity index is 230. The van der Waals surface area contributed by atoms with Crippen molar-refractivity contribution < 1.29 is 4.43 Å². The van der Waals surface area contributed by atoms with Crippen molar-refractivity contribution in [1.29, 1.82) is 0 Å². The van der Waals surface area contributed by atoms with E-state index in [1.165, 1.54) is 64.2 Å². The fourth-order valence-electron chi connectivity index (χ4n) is 3.88. The molecular formula is C16H30OSi. The molecule has 18 heavy (non-hydrogen) atoms. The molecule has 104 valence electrons. The Balaban J connectivity index is 1.98. The van der Waals surface area contributed by atoms with Crippen molar-refractivity contribution in [1.82, 2.24) is 0 Å². The minimum atomic E-state index is 0.890. The van der Waals surface area contributed by atoms with E-state index in [9.17, 15) is 0 Å². The van der Waals surface area contributed by atoms with Crippen LogP contribution in [-0.2, 0) is 4.43 Å². The van der Waals surface area contributed by atoms with E-state index >= 15 is 0 Å². The van der Waals surface area contributed by atoms with Crippen LogP contribution in [0.4, 0.5) is 0 Å². The van der Waals surface area contributed by atoms with Gasteiger partial charge in [0.15, 0.2) is 0 Å². The van der Waals surface area contributed by atoms with Crippen LogP contribution in [0, 0.1) is 11.8 Å². The minimum absolute atomic E-state index is 0.890. The smallest absolute Gasteiger partial charge is 0.145 e. The van der Waals surface area contributed by atoms with E-state index in [2.05, 4.69) is 6.08 Å². The second-order valence-electron chi connectivity index (χ2n) is 6.16. The Hall–Kier alpha value is -0.0831. The molecule has 0 heterocycles. The van der Waals surface area contributed by atoms with Crippen molar-refractivity contribution in [3.63, 3.8) is 0 Å². The molecule has 0 saturated heterocycles. The standard InChI is InChI=1S/C16H30OSi/c18-17-13-7-12-16(14-8-3-1-4-9-14)15-10-5-2-6-11-15/h12,14-15H,1-11,13H2,18H3. The van der Waals surface area contributed by atoms with Gasteiger partial charge >= 0.3 is 0 Å². The first kappa shape index (κ1) is 14.3. The highest BCUT2D eigenvalue weighted by Gasteiger charge is 2.25. The van der Waals surface area contributed by atoms with Crippen LogP contribution in [0.1, 0.15) is 70.6 Å². The van der Waals surface area contributed by atoms with E-state index in [-0.39, 0.29) is 0 Å². The molecule has 0 spiro atoms. The molecule has 1 nitrogen and oxygen atoms in total. The van der Waals surface area contributed by atoms with Crippen LogP contribution in [0.15, 0.2) is 11.6 Å². The zero-order valence-electron chi connectivity index (χ0n) is 12.1. The molecule has 0 amide bonds. The van der Waals surface area contributed by atoms with Gasteiger partial charge in [0.1, 0.15) is 10.5 Å². The van der Waals surface area contributed by atoms with Gasteiger partial charge in [-0.25, -0.2) is 0 Å². The fraction of sp³-hybridized carbons (Fsp3) is 0.875. The summed E-state index contributed by atoms with van der Waals surface area (Å²) in [5.41, 5.74) is 1.84. The van der Waals surface area contributed by atoms with Gasteiger partial charge in [0.25, 0.3) is 0 Å². The first-order valence-electron chi connectivity index (χ1n) is 8.10. The highest BCUT2D eigenvalue weighted by molar-refractivity contribution is 5.97. The fourth-order valence-corrected chi connectivity index (χ4v) is 4.12. The Morgan fingerprint density at radius 3 is 1.83 bits per heavy atom. The first-order chi connectivity index (χ1) is 8.92. The topological polar surface area (TPSA) is 9.23 Å². The Kier molecular flexibility index (Phi) is 6.50. The van der Waals surface area contributed by atoms with Crippen molar-refractivity contribution in [2.45, 2.75) is 70.6 Å². The van der Waals surface area contributed by atoms with Gasteiger partial charge in [0, 0.05) is 6.61 Å². The molecule has 2 heteroatoms. The number of hydrogen-bond donors (Lipinski definition) is 0. The van der Waals surface area contributed by atoms with Crippen LogP contribution in [0.2, 0.25) is 0 Å². The molecule has 0 unspecified atom stereocenters. The third-order valence-corrected chi connectivity index (χ3v) is 5.26. The monoisotopic (exact) mass is 266 g/mol. The molecule has 0 aromatic carbocycles. The molecule has 2 aliphatic rings. The predicted octanol–water partition coefficient (Wildman–Crippen LogP) is 3.76. The maximum Gasteiger partial charge on any atom is 0.145 e. The Labute approximate surface area is 116 Å². The lowest BCUT2D eigenvalue weighted by Gasteiger charge is -2.32. The average Bonchev–Trinajstić information content (AvgIpc) is 2.46. The third-order valence-electron chi connectivity index (χ3n) is 4.86. The van der Waals surface area contributed by atoms with Gasteiger partial charge in [0.05, 0.1) is 0 Å². The molecule has 2 saturated carbocycles. The molecule has 0 aliphatic heterocycles. The third kappa shape index (κ3) is 4.24. The van der Waals surface area contributed by atoms with Crippen LogP contribution in [0.25, 0.3) is 0 Å². The summed E-state index contributed by atoms with van der Waals surface area (Å²) in [5.74, 6) is 1.85. The lowest BCUT2D eigenvalue weighted by Crippen LogP contribution is -2.19. The predicted molar refractivity (Wildman–Crippen MR) is 81.7 cm³/mol. The maximum absolute atomic E-state index is 5.36. The summed E-state index contributed by atoms with van der Waals surface area (Å²) >= 11 is 0. The van der Waals surface area contributed by atoms with Crippen molar-refractivity contribution in [2.24, 2.45) is 11.8 Å². The minimum Gasteiger partial charge on any atom is -0.428 e. The largest absolute Gasteiger partial charge is 0.428 e. The Morgan fingerprint density at radius 2 is 1.39 bits per heavy atom. The van der Waals surface area contributed by atoms with Gasteiger partial charge < -0.3 is 4.43 Å². The van der Waals surface area contributed by atoms with Crippen LogP contribution < -0.4 is 0 Å². The van der Waals surface area contributed by atoms with Gasteiger partial charge in [-0.15, -0.1) is 0 Å². The summed E-state index contributed by atoms with van der Waals surface area (Å²) in [6, 6.07) is 0. The Morgan fingerprint density at radius 1 is 0.889 bits per heavy atom. The van der Waals surface area contributed by atoms with Crippen LogP contribution >= 0.6 is 0 Å². The quantitative estimate of drug-likeness (QED) is 0.418. The summed E-state index contributed by atoms with van der Waals surface area (Å²) < 4.78 is 5.36. The lowest BCUT2D eigenvalue weighted by molar-refractivity contribution is 0.320. The highest BCUT2D eigenvalue weighted by Crippen LogP contribution is 2.39. The first-order valence-corrected chi connectivity index (χ1v) is 8.92. The molecule has 0 atom stereocenters. The zero-order chi connectivity index (χ0) is 12.6. The van der Waals surface area contributed by atoms with Crippen molar-refractivity contribution in [3.8, 4) is 0 Å². The van der Waals surface area contributed by atoms with Gasteiger partial charge in [-0.05, 0) is 43.9 Å². The molecule has 2 fully saturated rings. The summed E-state index contributed by atoms with van der Waals surface area (Å²) in [7, 11) is 0.890. The van der Waals surface area contributed by atoms with Gasteiger partial charge in [-0.2, -0.15) is 0 Å². The number of allylic oxidation sites excluding steroid dienone is 1. The maximum atomic E-state index is 5.36. The van der Waals surface area contributed by atoms with Crippen LogP contribution in [0.5, 0.6) is 0 Å². The number of rotatable bonds is 5. The lowest BCUT2D eigenvalue weighted by atomic mass is 9.73. The summed E-state index contributed by atoms with van der Waals surface area (Å²) in [4.78, 5) is 0. The van der Waals surface area contributed by atoms with Crippen molar-refractivity contribution in [2.75, 3.05) is 6.61 Å². The normalized spacial score (nSPS) is 23.1. The van der Waals surface area contributed by atoms with E-state index in [0.717, 1.165) is 35.3 Å². The average molecular weight is 267 g/mol. The molecule has 0 bridgehead atoms. The van der Waals surface area contributed by atoms with Crippen LogP contribution in [0.3, 0.4) is 0 Å². The van der Waals surface area contributed by atoms with Gasteiger partial charge in [-0.3, -0.25) is 0 Å². The molecule has 0 aromatic heterocycles. The van der Waals surface area contributed by atoms with E-state index in [1.54, 1.807) is 0 Å². The van der Waals surface area contributed by atoms with Crippen LogP contribution in [-0.4, -0.2) is 17.1 Å². The van der Waals surface area contributed by atoms with Crippen molar-refractivity contribution in [3.05, 3.63) is 11.6 Å². The molecule has 2 aliphatic carbocycles.